The van der Waals surface area contributed by atoms with E-state index in [1.54, 1.807) is 24.3 Å². The molecular weight excluding hydrogens is 510 g/mol. The molecule has 1 aromatic heterocycles. The van der Waals surface area contributed by atoms with Crippen molar-refractivity contribution in [1.29, 1.82) is 0 Å². The number of methoxy groups -OCH3 is 2. The molecule has 3 rings (SSSR count). The summed E-state index contributed by atoms with van der Waals surface area (Å²) in [6.07, 6.45) is -2.60. The summed E-state index contributed by atoms with van der Waals surface area (Å²) >= 11 is 12.5. The number of hydrogen-bond acceptors (Lipinski definition) is 6. The lowest BCUT2D eigenvalue weighted by atomic mass is 10.0. The van der Waals surface area contributed by atoms with Gasteiger partial charge in [0.1, 0.15) is 17.9 Å². The summed E-state index contributed by atoms with van der Waals surface area (Å²) in [6.45, 7) is 0.0432. The molecule has 0 aliphatic heterocycles. The lowest BCUT2D eigenvalue weighted by Gasteiger charge is -2.14. The summed E-state index contributed by atoms with van der Waals surface area (Å²) < 4.78 is 59.2. The minimum atomic E-state index is -4.52. The summed E-state index contributed by atoms with van der Waals surface area (Å²) in [5.74, 6) is -0.407. The Hall–Kier alpha value is -3.43. The number of carbonyl (C=O) groups excluding carboxylic acids is 1. The van der Waals surface area contributed by atoms with Gasteiger partial charge < -0.3 is 18.9 Å². The fourth-order valence-corrected chi connectivity index (χ4v) is 3.49. The molecule has 0 unspecified atom stereocenters. The Labute approximate surface area is 208 Å². The predicted octanol–water partition coefficient (Wildman–Crippen LogP) is 6.94. The number of halogens is 5. The molecule has 0 N–H and O–H groups in total. The number of ether oxygens (including phenoxy) is 4. The number of alkyl halides is 3. The van der Waals surface area contributed by atoms with E-state index in [4.69, 9.17) is 42.1 Å². The van der Waals surface area contributed by atoms with E-state index in [-0.39, 0.29) is 39.6 Å². The van der Waals surface area contributed by atoms with Crippen molar-refractivity contribution >= 4 is 34.7 Å². The van der Waals surface area contributed by atoms with Crippen LogP contribution in [-0.4, -0.2) is 25.2 Å². The van der Waals surface area contributed by atoms with Crippen LogP contribution in [0.3, 0.4) is 0 Å². The van der Waals surface area contributed by atoms with Crippen molar-refractivity contribution < 1.29 is 36.9 Å². The van der Waals surface area contributed by atoms with Crippen molar-refractivity contribution in [1.82, 2.24) is 4.98 Å². The highest BCUT2D eigenvalue weighted by Crippen LogP contribution is 2.40. The van der Waals surface area contributed by atoms with Crippen LogP contribution in [0.1, 0.15) is 16.7 Å². The number of carbonyl (C=O) groups is 1. The Kier molecular flexibility index (Phi) is 8.48. The number of pyridine rings is 1. The molecule has 2 aromatic carbocycles. The zero-order chi connectivity index (χ0) is 25.6. The van der Waals surface area contributed by atoms with Gasteiger partial charge >= 0.3 is 12.1 Å². The molecule has 0 aliphatic carbocycles. The molecule has 0 aliphatic rings. The molecule has 0 bridgehead atoms. The number of rotatable bonds is 8. The Morgan fingerprint density at radius 3 is 2.31 bits per heavy atom. The van der Waals surface area contributed by atoms with Crippen LogP contribution in [0.2, 0.25) is 10.0 Å². The van der Waals surface area contributed by atoms with Crippen LogP contribution in [0.25, 0.3) is 5.57 Å². The molecule has 1 heterocycles. The summed E-state index contributed by atoms with van der Waals surface area (Å²) in [5, 5.41) is 0.106. The molecule has 0 saturated carbocycles. The van der Waals surface area contributed by atoms with Gasteiger partial charge in [0.05, 0.1) is 36.1 Å². The molecule has 6 nitrogen and oxygen atoms in total. The second-order valence-electron chi connectivity index (χ2n) is 6.91. The van der Waals surface area contributed by atoms with Crippen LogP contribution in [-0.2, 0) is 27.1 Å². The summed E-state index contributed by atoms with van der Waals surface area (Å²) in [7, 11) is 2.68. The third-order valence-electron chi connectivity index (χ3n) is 4.58. The second-order valence-corrected chi connectivity index (χ2v) is 7.72. The molecule has 35 heavy (non-hydrogen) atoms. The number of hydrogen-bond donors (Lipinski definition) is 0. The first-order chi connectivity index (χ1) is 16.6. The third kappa shape index (κ3) is 6.58. The molecule has 3 aromatic rings. The standard InChI is InChI=1S/C24H18Cl2F3NO5/c1-32-13-18(23(31)33-2)17-6-4-3-5-14(17)12-34-16-9-19(25)22(20(26)10-16)35-21-8-7-15(11-30-21)24(27,28)29/h3-11,13H,12H2,1-2H3. The molecular formula is C24H18Cl2F3NO5. The van der Waals surface area contributed by atoms with E-state index < -0.39 is 17.7 Å². The first kappa shape index (κ1) is 26.2. The van der Waals surface area contributed by atoms with Crippen molar-refractivity contribution in [3.8, 4) is 17.4 Å². The highest BCUT2D eigenvalue weighted by molar-refractivity contribution is 6.37. The van der Waals surface area contributed by atoms with Crippen LogP contribution in [0, 0.1) is 0 Å². The van der Waals surface area contributed by atoms with Crippen molar-refractivity contribution in [3.63, 3.8) is 0 Å². The first-order valence-electron chi connectivity index (χ1n) is 9.86. The molecule has 0 fully saturated rings. The van der Waals surface area contributed by atoms with Crippen molar-refractivity contribution in [2.24, 2.45) is 0 Å². The van der Waals surface area contributed by atoms with Gasteiger partial charge in [-0.1, -0.05) is 47.5 Å². The number of esters is 1. The molecule has 0 atom stereocenters. The normalized spacial score (nSPS) is 11.7. The summed E-state index contributed by atoms with van der Waals surface area (Å²) in [5.41, 5.74) is 0.495. The Balaban J connectivity index is 1.78. The lowest BCUT2D eigenvalue weighted by molar-refractivity contribution is -0.138. The van der Waals surface area contributed by atoms with Gasteiger partial charge in [-0.2, -0.15) is 13.2 Å². The molecule has 0 radical (unpaired) electrons. The highest BCUT2D eigenvalue weighted by atomic mass is 35.5. The van der Waals surface area contributed by atoms with Crippen LogP contribution >= 0.6 is 23.2 Å². The zero-order valence-electron chi connectivity index (χ0n) is 18.4. The number of nitrogens with zero attached hydrogens (tertiary/aromatic N) is 1. The minimum absolute atomic E-state index is 0.00403. The molecule has 184 valence electrons. The van der Waals surface area contributed by atoms with Gasteiger partial charge in [-0.15, -0.1) is 0 Å². The monoisotopic (exact) mass is 527 g/mol. The predicted molar refractivity (Wildman–Crippen MR) is 124 cm³/mol. The van der Waals surface area contributed by atoms with Gasteiger partial charge in [0.15, 0.2) is 5.75 Å². The maximum Gasteiger partial charge on any atom is 0.417 e. The van der Waals surface area contributed by atoms with Gasteiger partial charge in [0.2, 0.25) is 5.88 Å². The van der Waals surface area contributed by atoms with E-state index >= 15 is 0 Å². The highest BCUT2D eigenvalue weighted by Gasteiger charge is 2.30. The molecule has 0 saturated heterocycles. The topological polar surface area (TPSA) is 66.9 Å². The average Bonchev–Trinajstić information content (AvgIpc) is 2.83. The van der Waals surface area contributed by atoms with Gasteiger partial charge in [0, 0.05) is 24.4 Å². The number of benzene rings is 2. The minimum Gasteiger partial charge on any atom is -0.503 e. The molecule has 0 amide bonds. The molecule has 0 spiro atoms. The lowest BCUT2D eigenvalue weighted by Crippen LogP contribution is -2.08. The average molecular weight is 528 g/mol. The van der Waals surface area contributed by atoms with E-state index in [1.807, 2.05) is 0 Å². The maximum absolute atomic E-state index is 12.7. The largest absolute Gasteiger partial charge is 0.503 e. The van der Waals surface area contributed by atoms with Crippen molar-refractivity contribution in [3.05, 3.63) is 87.7 Å². The Morgan fingerprint density at radius 1 is 1.06 bits per heavy atom. The Bertz CT molecular complexity index is 1210. The van der Waals surface area contributed by atoms with Gasteiger partial charge in [0.25, 0.3) is 0 Å². The van der Waals surface area contributed by atoms with Crippen molar-refractivity contribution in [2.45, 2.75) is 12.8 Å². The van der Waals surface area contributed by atoms with E-state index in [1.165, 1.54) is 32.6 Å². The van der Waals surface area contributed by atoms with Gasteiger partial charge in [-0.05, 0) is 17.2 Å². The SMILES string of the molecule is COC=C(C(=O)OC)c1ccccc1COc1cc(Cl)c(Oc2ccc(C(F)(F)F)cn2)c(Cl)c1. The number of aromatic nitrogens is 1. The maximum atomic E-state index is 12.7. The first-order valence-corrected chi connectivity index (χ1v) is 10.6. The third-order valence-corrected chi connectivity index (χ3v) is 5.15. The van der Waals surface area contributed by atoms with Crippen LogP contribution in [0.4, 0.5) is 13.2 Å². The van der Waals surface area contributed by atoms with Crippen LogP contribution in [0.15, 0.2) is 61.0 Å². The van der Waals surface area contributed by atoms with E-state index in [9.17, 15) is 18.0 Å². The fourth-order valence-electron chi connectivity index (χ4n) is 2.95. The second kappa shape index (κ2) is 11.3. The summed E-state index contributed by atoms with van der Waals surface area (Å²) in [4.78, 5) is 15.8. The van der Waals surface area contributed by atoms with Crippen LogP contribution in [0.5, 0.6) is 17.4 Å². The quantitative estimate of drug-likeness (QED) is 0.179. The Morgan fingerprint density at radius 2 is 1.74 bits per heavy atom. The fraction of sp³-hybridized carbons (Fsp3) is 0.167. The van der Waals surface area contributed by atoms with Crippen LogP contribution < -0.4 is 9.47 Å². The summed E-state index contributed by atoms with van der Waals surface area (Å²) in [6, 6.07) is 11.8. The van der Waals surface area contributed by atoms with Crippen molar-refractivity contribution in [2.75, 3.05) is 14.2 Å². The molecule has 11 heteroatoms. The zero-order valence-corrected chi connectivity index (χ0v) is 19.9. The smallest absolute Gasteiger partial charge is 0.417 e. The van der Waals surface area contributed by atoms with E-state index in [0.717, 1.165) is 12.1 Å². The van der Waals surface area contributed by atoms with Gasteiger partial charge in [-0.25, -0.2) is 9.78 Å². The van der Waals surface area contributed by atoms with Gasteiger partial charge in [-0.3, -0.25) is 0 Å². The van der Waals surface area contributed by atoms with E-state index in [2.05, 4.69) is 4.98 Å². The van der Waals surface area contributed by atoms with E-state index in [0.29, 0.717) is 17.3 Å².